The van der Waals surface area contributed by atoms with E-state index in [1.54, 1.807) is 46.9 Å². The van der Waals surface area contributed by atoms with Crippen LogP contribution in [0.3, 0.4) is 0 Å². The summed E-state index contributed by atoms with van der Waals surface area (Å²) >= 11 is 0. The van der Waals surface area contributed by atoms with E-state index in [-0.39, 0.29) is 29.6 Å². The summed E-state index contributed by atoms with van der Waals surface area (Å²) in [5, 5.41) is 22.2. The van der Waals surface area contributed by atoms with Crippen molar-refractivity contribution in [2.45, 2.75) is 13.5 Å². The van der Waals surface area contributed by atoms with Crippen LogP contribution in [0.1, 0.15) is 16.8 Å². The van der Waals surface area contributed by atoms with Gasteiger partial charge in [-0.1, -0.05) is 23.4 Å². The molecule has 0 fully saturated rings. The van der Waals surface area contributed by atoms with Crippen LogP contribution in [0.25, 0.3) is 45.2 Å². The smallest absolute Gasteiger partial charge is 0.193 e. The summed E-state index contributed by atoms with van der Waals surface area (Å²) in [5.74, 6) is -0.923. The van der Waals surface area contributed by atoms with Gasteiger partial charge >= 0.3 is 0 Å². The van der Waals surface area contributed by atoms with E-state index in [9.17, 15) is 5.26 Å². The average Bonchev–Trinajstić information content (AvgIpc) is 3.53. The van der Waals surface area contributed by atoms with Gasteiger partial charge < -0.3 is 5.73 Å². The number of nitriles is 1. The van der Waals surface area contributed by atoms with Crippen molar-refractivity contribution in [3.8, 4) is 40.2 Å². The molecule has 0 atom stereocenters. The number of fused-ring (bicyclic) bond motifs is 1. The lowest BCUT2D eigenvalue weighted by Crippen LogP contribution is -2.05. The quantitative estimate of drug-likeness (QED) is 0.361. The van der Waals surface area contributed by atoms with Gasteiger partial charge in [-0.25, -0.2) is 24.0 Å². The van der Waals surface area contributed by atoms with E-state index >= 15 is 4.39 Å². The van der Waals surface area contributed by atoms with Gasteiger partial charge in [-0.15, -0.1) is 5.10 Å². The molecule has 0 unspecified atom stereocenters. The molecule has 0 radical (unpaired) electrons. The monoisotopic (exact) mass is 517 g/mol. The summed E-state index contributed by atoms with van der Waals surface area (Å²) in [6.07, 6.45) is 3.29. The Hall–Kier alpha value is -5.57. The van der Waals surface area contributed by atoms with E-state index < -0.39 is 5.82 Å². The van der Waals surface area contributed by atoms with Crippen LogP contribution in [-0.2, 0) is 13.6 Å². The van der Waals surface area contributed by atoms with Crippen molar-refractivity contribution in [3.63, 3.8) is 0 Å². The molecule has 1 aromatic carbocycles. The second kappa shape index (κ2) is 9.38. The summed E-state index contributed by atoms with van der Waals surface area (Å²) in [5.41, 5.74) is 11.5. The van der Waals surface area contributed by atoms with Crippen molar-refractivity contribution < 1.29 is 4.39 Å². The first-order valence-electron chi connectivity index (χ1n) is 11.9. The predicted molar refractivity (Wildman–Crippen MR) is 141 cm³/mol. The van der Waals surface area contributed by atoms with E-state index in [0.29, 0.717) is 28.1 Å². The molecule has 6 rings (SSSR count). The highest BCUT2D eigenvalue weighted by Gasteiger charge is 2.20. The molecule has 39 heavy (non-hydrogen) atoms. The van der Waals surface area contributed by atoms with Crippen molar-refractivity contribution in [2.24, 2.45) is 7.05 Å². The van der Waals surface area contributed by atoms with Gasteiger partial charge in [0.25, 0.3) is 0 Å². The van der Waals surface area contributed by atoms with Crippen LogP contribution in [0.15, 0.2) is 60.9 Å². The maximum atomic E-state index is 15.0. The normalized spacial score (nSPS) is 11.1. The zero-order valence-electron chi connectivity index (χ0n) is 20.9. The third-order valence-corrected chi connectivity index (χ3v) is 6.32. The molecule has 6 aromatic rings. The van der Waals surface area contributed by atoms with E-state index in [1.807, 2.05) is 37.4 Å². The molecule has 12 heteroatoms. The average molecular weight is 518 g/mol. The molecular weight excluding hydrogens is 497 g/mol. The Balaban J connectivity index is 1.33. The Bertz CT molecular complexity index is 1920. The zero-order chi connectivity index (χ0) is 27.1. The Morgan fingerprint density at radius 2 is 1.87 bits per heavy atom. The molecule has 0 aliphatic carbocycles. The molecule has 11 nitrogen and oxygen atoms in total. The van der Waals surface area contributed by atoms with Gasteiger partial charge in [-0.3, -0.25) is 9.67 Å². The highest BCUT2D eigenvalue weighted by Crippen LogP contribution is 2.29. The minimum atomic E-state index is -0.796. The van der Waals surface area contributed by atoms with Gasteiger partial charge in [0.1, 0.15) is 28.1 Å². The van der Waals surface area contributed by atoms with Crippen LogP contribution < -0.4 is 5.73 Å². The minimum absolute atomic E-state index is 0.0837. The molecule has 0 saturated heterocycles. The van der Waals surface area contributed by atoms with Crippen molar-refractivity contribution in [1.82, 2.24) is 44.7 Å². The second-order valence-corrected chi connectivity index (χ2v) is 8.84. The number of nitrogen functional groups attached to an aromatic ring is 1. The molecule has 5 aromatic heterocycles. The molecule has 2 N–H and O–H groups in total. The van der Waals surface area contributed by atoms with Crippen LogP contribution in [0.2, 0.25) is 0 Å². The molecule has 0 spiro atoms. The lowest BCUT2D eigenvalue weighted by atomic mass is 10.0. The van der Waals surface area contributed by atoms with E-state index in [2.05, 4.69) is 36.4 Å². The van der Waals surface area contributed by atoms with Gasteiger partial charge in [-0.2, -0.15) is 10.4 Å². The second-order valence-electron chi connectivity index (χ2n) is 8.84. The highest BCUT2D eigenvalue weighted by molar-refractivity contribution is 5.88. The third-order valence-electron chi connectivity index (χ3n) is 6.32. The molecule has 0 aliphatic heterocycles. The summed E-state index contributed by atoms with van der Waals surface area (Å²) in [7, 11) is 1.85. The van der Waals surface area contributed by atoms with Crippen LogP contribution >= 0.6 is 0 Å². The van der Waals surface area contributed by atoms with Gasteiger partial charge in [0.05, 0.1) is 35.8 Å². The van der Waals surface area contributed by atoms with Gasteiger partial charge in [0.15, 0.2) is 17.5 Å². The zero-order valence-corrected chi connectivity index (χ0v) is 20.9. The maximum absolute atomic E-state index is 15.0. The number of anilines is 1. The molecular formula is C27H20FN11. The fraction of sp³-hybridized carbons (Fsp3) is 0.111. The Labute approximate surface area is 221 Å². The third kappa shape index (κ3) is 4.21. The molecule has 190 valence electrons. The summed E-state index contributed by atoms with van der Waals surface area (Å²) in [4.78, 5) is 17.7. The Morgan fingerprint density at radius 1 is 1.03 bits per heavy atom. The molecule has 5 heterocycles. The largest absolute Gasteiger partial charge is 0.381 e. The number of nitrogens with zero attached hydrogens (tertiary/aromatic N) is 10. The number of aryl methyl sites for hydroxylation is 1. The van der Waals surface area contributed by atoms with Crippen LogP contribution in [-0.4, -0.2) is 44.7 Å². The Morgan fingerprint density at radius 3 is 2.72 bits per heavy atom. The van der Waals surface area contributed by atoms with Crippen LogP contribution in [0, 0.1) is 24.1 Å². The number of benzene rings is 1. The number of pyridine rings is 2. The predicted octanol–water partition coefficient (Wildman–Crippen LogP) is 3.70. The lowest BCUT2D eigenvalue weighted by Gasteiger charge is -2.09. The van der Waals surface area contributed by atoms with Crippen molar-refractivity contribution >= 4 is 16.9 Å². The SMILES string of the molecule is Cc1c(C#N)cccc1-c1nc(N)c(F)c(-c2cn(Cc3cccc(-c4c5ncccc5nn4C)n3)nn2)n1. The molecule has 0 aliphatic rings. The van der Waals surface area contributed by atoms with E-state index in [4.69, 9.17) is 10.7 Å². The first kappa shape index (κ1) is 23.8. The first-order chi connectivity index (χ1) is 18.9. The van der Waals surface area contributed by atoms with Gasteiger partial charge in [0, 0.05) is 18.8 Å². The number of rotatable bonds is 5. The van der Waals surface area contributed by atoms with Crippen molar-refractivity contribution in [3.05, 3.63) is 83.6 Å². The van der Waals surface area contributed by atoms with Crippen molar-refractivity contribution in [1.29, 1.82) is 5.26 Å². The van der Waals surface area contributed by atoms with Crippen LogP contribution in [0.4, 0.5) is 10.2 Å². The standard InChI is InChI=1S/C27H20FN11/c1-15-16(12-29)6-3-8-18(15)27-33-23(22(28)26(30)34-27)21-14-39(37-35-21)13-17-7-4-9-20(32-17)25-24-19(36-38(25)2)10-5-11-31-24/h3-11,14H,13H2,1-2H3,(H2,30,33,34). The Kier molecular flexibility index (Phi) is 5.73. The molecule has 0 saturated carbocycles. The van der Waals surface area contributed by atoms with E-state index in [0.717, 1.165) is 16.7 Å². The maximum Gasteiger partial charge on any atom is 0.193 e. The summed E-state index contributed by atoms with van der Waals surface area (Å²) in [6, 6.07) is 16.7. The fourth-order valence-electron chi connectivity index (χ4n) is 4.42. The van der Waals surface area contributed by atoms with Gasteiger partial charge in [-0.05, 0) is 42.8 Å². The minimum Gasteiger partial charge on any atom is -0.381 e. The number of halogens is 1. The summed E-state index contributed by atoms with van der Waals surface area (Å²) < 4.78 is 18.3. The van der Waals surface area contributed by atoms with E-state index in [1.165, 1.54) is 0 Å². The van der Waals surface area contributed by atoms with Crippen molar-refractivity contribution in [2.75, 3.05) is 5.73 Å². The topological polar surface area (TPSA) is 150 Å². The number of nitrogens with two attached hydrogens (primary N) is 1. The number of hydrogen-bond donors (Lipinski definition) is 1. The lowest BCUT2D eigenvalue weighted by molar-refractivity contribution is 0.623. The number of hydrogen-bond acceptors (Lipinski definition) is 9. The highest BCUT2D eigenvalue weighted by atomic mass is 19.1. The number of aromatic nitrogens is 9. The molecule has 0 amide bonds. The fourth-order valence-corrected chi connectivity index (χ4v) is 4.42. The summed E-state index contributed by atoms with van der Waals surface area (Å²) in [6.45, 7) is 2.06. The van der Waals surface area contributed by atoms with Gasteiger partial charge in [0.2, 0.25) is 0 Å². The first-order valence-corrected chi connectivity index (χ1v) is 11.9. The van der Waals surface area contributed by atoms with Crippen LogP contribution in [0.5, 0.6) is 0 Å². The molecule has 0 bridgehead atoms.